The number of hydrogen-bond acceptors (Lipinski definition) is 4. The second-order valence-electron chi connectivity index (χ2n) is 3.97. The molecule has 0 unspecified atom stereocenters. The van der Waals surface area contributed by atoms with Crippen LogP contribution in [0.4, 0.5) is 5.69 Å². The SMILES string of the molecule is O=C(Nc1ccccc1CO)c1cc(O)ccc1O. The average molecular weight is 259 g/mol. The van der Waals surface area contributed by atoms with Crippen LogP contribution in [0.15, 0.2) is 42.5 Å². The second kappa shape index (κ2) is 5.41. The van der Waals surface area contributed by atoms with Crippen LogP contribution in [0.3, 0.4) is 0 Å². The number of para-hydroxylation sites is 1. The average Bonchev–Trinajstić information content (AvgIpc) is 2.42. The van der Waals surface area contributed by atoms with Gasteiger partial charge >= 0.3 is 0 Å². The molecule has 0 radical (unpaired) electrons. The molecule has 0 heterocycles. The molecule has 98 valence electrons. The number of rotatable bonds is 3. The number of benzene rings is 2. The first-order chi connectivity index (χ1) is 9.11. The highest BCUT2D eigenvalue weighted by Gasteiger charge is 2.13. The van der Waals surface area contributed by atoms with Gasteiger partial charge in [-0.25, -0.2) is 0 Å². The van der Waals surface area contributed by atoms with Gasteiger partial charge in [-0.2, -0.15) is 0 Å². The van der Waals surface area contributed by atoms with Gasteiger partial charge in [-0.1, -0.05) is 18.2 Å². The molecule has 0 aromatic heterocycles. The number of phenolic OH excluding ortho intramolecular Hbond substituents is 2. The van der Waals surface area contributed by atoms with Crippen LogP contribution in [0.25, 0.3) is 0 Å². The number of nitrogens with one attached hydrogen (secondary N) is 1. The van der Waals surface area contributed by atoms with Gasteiger partial charge in [-0.15, -0.1) is 0 Å². The van der Waals surface area contributed by atoms with E-state index in [9.17, 15) is 15.0 Å². The van der Waals surface area contributed by atoms with E-state index < -0.39 is 5.91 Å². The van der Waals surface area contributed by atoms with Gasteiger partial charge in [0.05, 0.1) is 12.2 Å². The fourth-order valence-corrected chi connectivity index (χ4v) is 1.68. The molecule has 0 fully saturated rings. The zero-order valence-electron chi connectivity index (χ0n) is 10.00. The number of amides is 1. The van der Waals surface area contributed by atoms with Crippen molar-refractivity contribution < 1.29 is 20.1 Å². The van der Waals surface area contributed by atoms with E-state index in [-0.39, 0.29) is 23.7 Å². The summed E-state index contributed by atoms with van der Waals surface area (Å²) in [5.41, 5.74) is 0.987. The lowest BCUT2D eigenvalue weighted by molar-refractivity contribution is 0.102. The molecule has 0 spiro atoms. The van der Waals surface area contributed by atoms with Crippen LogP contribution in [0, 0.1) is 0 Å². The molecule has 19 heavy (non-hydrogen) atoms. The van der Waals surface area contributed by atoms with E-state index in [1.807, 2.05) is 0 Å². The summed E-state index contributed by atoms with van der Waals surface area (Å²) < 4.78 is 0. The van der Waals surface area contributed by atoms with Gasteiger partial charge in [0.2, 0.25) is 0 Å². The van der Waals surface area contributed by atoms with Crippen LogP contribution in [-0.2, 0) is 6.61 Å². The van der Waals surface area contributed by atoms with Crippen molar-refractivity contribution in [2.45, 2.75) is 6.61 Å². The summed E-state index contributed by atoms with van der Waals surface area (Å²) in [6.45, 7) is -0.206. The standard InChI is InChI=1S/C14H13NO4/c16-8-9-3-1-2-4-12(9)15-14(19)11-7-10(17)5-6-13(11)18/h1-7,16-18H,8H2,(H,15,19). The summed E-state index contributed by atoms with van der Waals surface area (Å²) in [7, 11) is 0. The van der Waals surface area contributed by atoms with Crippen LogP contribution in [0.5, 0.6) is 11.5 Å². The molecule has 2 rings (SSSR count). The Morgan fingerprint density at radius 3 is 2.58 bits per heavy atom. The highest BCUT2D eigenvalue weighted by atomic mass is 16.3. The maximum atomic E-state index is 12.0. The van der Waals surface area contributed by atoms with E-state index in [0.29, 0.717) is 11.3 Å². The van der Waals surface area contributed by atoms with Gasteiger partial charge in [0.1, 0.15) is 11.5 Å². The van der Waals surface area contributed by atoms with E-state index >= 15 is 0 Å². The van der Waals surface area contributed by atoms with Crippen molar-refractivity contribution in [3.05, 3.63) is 53.6 Å². The molecule has 0 aliphatic carbocycles. The molecule has 0 aliphatic rings. The number of anilines is 1. The third-order valence-electron chi connectivity index (χ3n) is 2.66. The van der Waals surface area contributed by atoms with Crippen LogP contribution in [-0.4, -0.2) is 21.2 Å². The first-order valence-electron chi connectivity index (χ1n) is 5.64. The number of hydrogen-bond donors (Lipinski definition) is 4. The van der Waals surface area contributed by atoms with Crippen LogP contribution in [0.2, 0.25) is 0 Å². The first kappa shape index (κ1) is 12.9. The normalized spacial score (nSPS) is 10.2. The zero-order chi connectivity index (χ0) is 13.8. The van der Waals surface area contributed by atoms with Crippen molar-refractivity contribution in [1.82, 2.24) is 0 Å². The third-order valence-corrected chi connectivity index (χ3v) is 2.66. The molecule has 0 saturated carbocycles. The Morgan fingerprint density at radius 2 is 1.84 bits per heavy atom. The van der Waals surface area contributed by atoms with Crippen molar-refractivity contribution in [1.29, 1.82) is 0 Å². The lowest BCUT2D eigenvalue weighted by Crippen LogP contribution is -2.13. The Balaban J connectivity index is 2.28. The summed E-state index contributed by atoms with van der Waals surface area (Å²) in [6, 6.07) is 10.5. The number of aliphatic hydroxyl groups excluding tert-OH is 1. The summed E-state index contributed by atoms with van der Waals surface area (Å²) in [5, 5.41) is 30.6. The number of aromatic hydroxyl groups is 2. The minimum absolute atomic E-state index is 0.0345. The van der Waals surface area contributed by atoms with E-state index in [2.05, 4.69) is 5.32 Å². The molecule has 0 bridgehead atoms. The number of phenols is 2. The predicted octanol–water partition coefficient (Wildman–Crippen LogP) is 1.84. The van der Waals surface area contributed by atoms with Crippen LogP contribution in [0.1, 0.15) is 15.9 Å². The van der Waals surface area contributed by atoms with Crippen molar-refractivity contribution in [2.75, 3.05) is 5.32 Å². The molecule has 4 N–H and O–H groups in total. The lowest BCUT2D eigenvalue weighted by atomic mass is 10.1. The molecule has 0 atom stereocenters. The number of aliphatic hydroxyl groups is 1. The van der Waals surface area contributed by atoms with Crippen LogP contribution < -0.4 is 5.32 Å². The lowest BCUT2D eigenvalue weighted by Gasteiger charge is -2.10. The van der Waals surface area contributed by atoms with Crippen LogP contribution >= 0.6 is 0 Å². The Hall–Kier alpha value is -2.53. The monoisotopic (exact) mass is 259 g/mol. The minimum atomic E-state index is -0.561. The Bertz CT molecular complexity index is 610. The summed E-state index contributed by atoms with van der Waals surface area (Å²) in [6.07, 6.45) is 0. The summed E-state index contributed by atoms with van der Waals surface area (Å²) in [4.78, 5) is 12.0. The van der Waals surface area contributed by atoms with E-state index in [1.54, 1.807) is 24.3 Å². The highest BCUT2D eigenvalue weighted by Crippen LogP contribution is 2.24. The number of carbonyl (C=O) groups is 1. The summed E-state index contributed by atoms with van der Waals surface area (Å²) in [5.74, 6) is -0.899. The Morgan fingerprint density at radius 1 is 1.11 bits per heavy atom. The highest BCUT2D eigenvalue weighted by molar-refractivity contribution is 6.06. The zero-order valence-corrected chi connectivity index (χ0v) is 10.00. The topological polar surface area (TPSA) is 89.8 Å². The maximum absolute atomic E-state index is 12.0. The van der Waals surface area contributed by atoms with Gasteiger partial charge in [-0.3, -0.25) is 4.79 Å². The molecule has 0 aliphatic heterocycles. The fraction of sp³-hybridized carbons (Fsp3) is 0.0714. The van der Waals surface area contributed by atoms with Gasteiger partial charge in [0, 0.05) is 11.3 Å². The third kappa shape index (κ3) is 2.83. The quantitative estimate of drug-likeness (QED) is 0.633. The number of carbonyl (C=O) groups excluding carboxylic acids is 1. The minimum Gasteiger partial charge on any atom is -0.508 e. The Labute approximate surface area is 109 Å². The molecule has 5 nitrogen and oxygen atoms in total. The molecule has 1 amide bonds. The molecular formula is C14H13NO4. The smallest absolute Gasteiger partial charge is 0.259 e. The van der Waals surface area contributed by atoms with E-state index in [0.717, 1.165) is 0 Å². The molecular weight excluding hydrogens is 246 g/mol. The Kier molecular flexibility index (Phi) is 3.68. The van der Waals surface area contributed by atoms with Crippen molar-refractivity contribution in [2.24, 2.45) is 0 Å². The van der Waals surface area contributed by atoms with Gasteiger partial charge in [-0.05, 0) is 24.3 Å². The van der Waals surface area contributed by atoms with E-state index in [1.165, 1.54) is 18.2 Å². The van der Waals surface area contributed by atoms with Crippen molar-refractivity contribution >= 4 is 11.6 Å². The predicted molar refractivity (Wildman–Crippen MR) is 70.1 cm³/mol. The molecule has 5 heteroatoms. The molecule has 0 saturated heterocycles. The van der Waals surface area contributed by atoms with Gasteiger partial charge in [0.25, 0.3) is 5.91 Å². The molecule has 2 aromatic rings. The summed E-state index contributed by atoms with van der Waals surface area (Å²) >= 11 is 0. The maximum Gasteiger partial charge on any atom is 0.259 e. The largest absolute Gasteiger partial charge is 0.508 e. The van der Waals surface area contributed by atoms with Gasteiger partial charge < -0.3 is 20.6 Å². The first-order valence-corrected chi connectivity index (χ1v) is 5.64. The van der Waals surface area contributed by atoms with Crippen molar-refractivity contribution in [3.8, 4) is 11.5 Å². The van der Waals surface area contributed by atoms with Crippen molar-refractivity contribution in [3.63, 3.8) is 0 Å². The molecule has 2 aromatic carbocycles. The second-order valence-corrected chi connectivity index (χ2v) is 3.97. The van der Waals surface area contributed by atoms with Gasteiger partial charge in [0.15, 0.2) is 0 Å². The fourth-order valence-electron chi connectivity index (χ4n) is 1.68. The van der Waals surface area contributed by atoms with E-state index in [4.69, 9.17) is 5.11 Å².